The van der Waals surface area contributed by atoms with Crippen molar-refractivity contribution < 1.29 is 9.84 Å². The molecule has 2 aromatic rings. The largest absolute Gasteiger partial charge is 0.485 e. The van der Waals surface area contributed by atoms with Gasteiger partial charge in [-0.15, -0.1) is 0 Å². The van der Waals surface area contributed by atoms with Crippen LogP contribution in [0.25, 0.3) is 0 Å². The van der Waals surface area contributed by atoms with E-state index in [4.69, 9.17) is 4.74 Å². The van der Waals surface area contributed by atoms with Crippen molar-refractivity contribution in [2.24, 2.45) is 0 Å². The van der Waals surface area contributed by atoms with Gasteiger partial charge in [0.25, 0.3) is 5.56 Å². The number of fused-ring (bicyclic) bond motifs is 1. The van der Waals surface area contributed by atoms with Crippen molar-refractivity contribution in [1.29, 1.82) is 0 Å². The lowest BCUT2D eigenvalue weighted by Gasteiger charge is -2.42. The molecule has 0 spiro atoms. The van der Waals surface area contributed by atoms with Crippen molar-refractivity contribution in [2.45, 2.75) is 31.5 Å². The van der Waals surface area contributed by atoms with Crippen molar-refractivity contribution in [1.82, 2.24) is 4.98 Å². The fourth-order valence-electron chi connectivity index (χ4n) is 2.79. The van der Waals surface area contributed by atoms with Crippen molar-refractivity contribution in [3.63, 3.8) is 0 Å². The third-order valence-corrected chi connectivity index (χ3v) is 4.38. The zero-order valence-corrected chi connectivity index (χ0v) is 13.3. The molecule has 3 rings (SSSR count). The second-order valence-corrected chi connectivity index (χ2v) is 6.68. The summed E-state index contributed by atoms with van der Waals surface area (Å²) in [4.78, 5) is 14.8. The first-order valence-corrected chi connectivity index (χ1v) is 7.53. The normalized spacial score (nSPS) is 23.2. The number of rotatable bonds is 1. The number of hydrogen-bond donors (Lipinski definition) is 2. The molecule has 2 atom stereocenters. The highest BCUT2D eigenvalue weighted by Gasteiger charge is 2.44. The summed E-state index contributed by atoms with van der Waals surface area (Å²) >= 11 is 3.43. The van der Waals surface area contributed by atoms with Gasteiger partial charge in [0, 0.05) is 27.7 Å². The van der Waals surface area contributed by atoms with Crippen LogP contribution in [0, 0.1) is 0 Å². The predicted octanol–water partition coefficient (Wildman–Crippen LogP) is 2.80. The SMILES string of the molecule is CC1(C)Oc2ccc(Br)cc2C(c2ccc[nH]c2=O)C1O. The van der Waals surface area contributed by atoms with Crippen LogP contribution in [-0.2, 0) is 0 Å². The van der Waals surface area contributed by atoms with Crippen molar-refractivity contribution in [3.05, 3.63) is 62.5 Å². The molecule has 1 aliphatic rings. The van der Waals surface area contributed by atoms with Gasteiger partial charge in [0.2, 0.25) is 0 Å². The van der Waals surface area contributed by atoms with E-state index in [0.29, 0.717) is 11.3 Å². The number of nitrogens with one attached hydrogen (secondary N) is 1. The van der Waals surface area contributed by atoms with Crippen LogP contribution in [0.1, 0.15) is 30.9 Å². The molecule has 2 heterocycles. The number of hydrogen-bond acceptors (Lipinski definition) is 3. The van der Waals surface area contributed by atoms with E-state index in [2.05, 4.69) is 20.9 Å². The zero-order valence-electron chi connectivity index (χ0n) is 11.8. The fraction of sp³-hybridized carbons (Fsp3) is 0.312. The maximum atomic E-state index is 12.2. The lowest BCUT2D eigenvalue weighted by Crippen LogP contribution is -2.50. The topological polar surface area (TPSA) is 62.3 Å². The van der Waals surface area contributed by atoms with E-state index in [1.807, 2.05) is 32.0 Å². The van der Waals surface area contributed by atoms with Gasteiger partial charge in [0.05, 0.1) is 0 Å². The third-order valence-electron chi connectivity index (χ3n) is 3.89. The number of benzene rings is 1. The van der Waals surface area contributed by atoms with E-state index in [-0.39, 0.29) is 5.56 Å². The minimum absolute atomic E-state index is 0.190. The van der Waals surface area contributed by atoms with E-state index >= 15 is 0 Å². The first-order chi connectivity index (χ1) is 9.90. The Kier molecular flexibility index (Phi) is 3.42. The van der Waals surface area contributed by atoms with Crippen LogP contribution in [0.3, 0.4) is 0 Å². The lowest BCUT2D eigenvalue weighted by atomic mass is 9.78. The molecule has 21 heavy (non-hydrogen) atoms. The summed E-state index contributed by atoms with van der Waals surface area (Å²) in [5.41, 5.74) is 0.395. The molecule has 0 fully saturated rings. The maximum absolute atomic E-state index is 12.2. The summed E-state index contributed by atoms with van der Waals surface area (Å²) in [7, 11) is 0. The molecule has 1 aromatic carbocycles. The molecule has 5 heteroatoms. The molecule has 0 aliphatic carbocycles. The zero-order chi connectivity index (χ0) is 15.2. The quantitative estimate of drug-likeness (QED) is 0.831. The molecule has 2 unspecified atom stereocenters. The summed E-state index contributed by atoms with van der Waals surface area (Å²) < 4.78 is 6.78. The Morgan fingerprint density at radius 1 is 1.29 bits per heavy atom. The molecule has 1 aliphatic heterocycles. The first-order valence-electron chi connectivity index (χ1n) is 6.74. The highest BCUT2D eigenvalue weighted by Crippen LogP contribution is 2.44. The fourth-order valence-corrected chi connectivity index (χ4v) is 3.17. The Morgan fingerprint density at radius 2 is 2.05 bits per heavy atom. The Balaban J connectivity index is 2.25. The summed E-state index contributed by atoms with van der Waals surface area (Å²) in [6, 6.07) is 9.16. The van der Waals surface area contributed by atoms with Crippen molar-refractivity contribution in [3.8, 4) is 5.75 Å². The molecule has 0 saturated heterocycles. The van der Waals surface area contributed by atoms with Gasteiger partial charge in [-0.1, -0.05) is 22.0 Å². The summed E-state index contributed by atoms with van der Waals surface area (Å²) in [5, 5.41) is 10.7. The second-order valence-electron chi connectivity index (χ2n) is 5.76. The Bertz CT molecular complexity index is 738. The number of ether oxygens (including phenoxy) is 1. The summed E-state index contributed by atoms with van der Waals surface area (Å²) in [6.07, 6.45) is 0.771. The average Bonchev–Trinajstić information content (AvgIpc) is 2.42. The van der Waals surface area contributed by atoms with E-state index in [9.17, 15) is 9.90 Å². The number of halogens is 1. The molecule has 110 valence electrons. The average molecular weight is 350 g/mol. The minimum atomic E-state index is -0.817. The Hall–Kier alpha value is -1.59. The molecule has 1 aromatic heterocycles. The van der Waals surface area contributed by atoms with E-state index in [1.54, 1.807) is 18.3 Å². The van der Waals surface area contributed by atoms with E-state index in [1.165, 1.54) is 0 Å². The van der Waals surface area contributed by atoms with Crippen LogP contribution in [0.15, 0.2) is 45.8 Å². The third kappa shape index (κ3) is 2.40. The van der Waals surface area contributed by atoms with Gasteiger partial charge in [-0.05, 0) is 38.1 Å². The summed E-state index contributed by atoms with van der Waals surface area (Å²) in [6.45, 7) is 3.65. The minimum Gasteiger partial charge on any atom is -0.485 e. The van der Waals surface area contributed by atoms with Gasteiger partial charge in [0.1, 0.15) is 17.5 Å². The van der Waals surface area contributed by atoms with Crippen molar-refractivity contribution in [2.75, 3.05) is 0 Å². The molecule has 0 amide bonds. The summed E-state index contributed by atoms with van der Waals surface area (Å²) in [5.74, 6) is 0.271. The van der Waals surface area contributed by atoms with E-state index < -0.39 is 17.6 Å². The van der Waals surface area contributed by atoms with Gasteiger partial charge in [-0.3, -0.25) is 4.79 Å². The van der Waals surface area contributed by atoms with Gasteiger partial charge < -0.3 is 14.8 Å². The Labute approximate surface area is 130 Å². The molecule has 0 radical (unpaired) electrons. The van der Waals surface area contributed by atoms with Gasteiger partial charge in [-0.2, -0.15) is 0 Å². The van der Waals surface area contributed by atoms with Gasteiger partial charge in [0.15, 0.2) is 0 Å². The number of H-pyrrole nitrogens is 1. The smallest absolute Gasteiger partial charge is 0.251 e. The van der Waals surface area contributed by atoms with Crippen LogP contribution in [0.5, 0.6) is 5.75 Å². The second kappa shape index (κ2) is 5.00. The van der Waals surface area contributed by atoms with Crippen molar-refractivity contribution >= 4 is 15.9 Å². The van der Waals surface area contributed by atoms with Gasteiger partial charge in [-0.25, -0.2) is 0 Å². The van der Waals surface area contributed by atoms with E-state index in [0.717, 1.165) is 10.0 Å². The number of aliphatic hydroxyl groups excluding tert-OH is 1. The molecule has 0 saturated carbocycles. The predicted molar refractivity (Wildman–Crippen MR) is 83.8 cm³/mol. The van der Waals surface area contributed by atoms with Gasteiger partial charge >= 0.3 is 0 Å². The maximum Gasteiger partial charge on any atom is 0.251 e. The highest BCUT2D eigenvalue weighted by molar-refractivity contribution is 9.10. The first kappa shape index (κ1) is 14.4. The van der Waals surface area contributed by atoms with Crippen LogP contribution in [-0.4, -0.2) is 21.8 Å². The van der Waals surface area contributed by atoms with Crippen LogP contribution < -0.4 is 10.3 Å². The van der Waals surface area contributed by atoms with Crippen LogP contribution >= 0.6 is 15.9 Å². The highest BCUT2D eigenvalue weighted by atomic mass is 79.9. The standard InChI is InChI=1S/C16H16BrNO3/c1-16(2)14(19)13(10-4-3-7-18-15(10)20)11-8-9(17)5-6-12(11)21-16/h3-8,13-14,19H,1-2H3,(H,18,20). The molecular formula is C16H16BrNO3. The molecular weight excluding hydrogens is 334 g/mol. The number of pyridine rings is 1. The molecule has 4 nitrogen and oxygen atoms in total. The molecule has 0 bridgehead atoms. The number of aromatic nitrogens is 1. The molecule has 2 N–H and O–H groups in total. The number of aliphatic hydroxyl groups is 1. The van der Waals surface area contributed by atoms with Crippen LogP contribution in [0.2, 0.25) is 0 Å². The van der Waals surface area contributed by atoms with Crippen LogP contribution in [0.4, 0.5) is 0 Å². The lowest BCUT2D eigenvalue weighted by molar-refractivity contribution is -0.0514. The number of aromatic amines is 1. The monoisotopic (exact) mass is 349 g/mol. The Morgan fingerprint density at radius 3 is 2.76 bits per heavy atom.